The Kier molecular flexibility index (Phi) is 136. The quantitative estimate of drug-likeness (QED) is 0.430. The van der Waals surface area contributed by atoms with Gasteiger partial charge in [-0.15, -0.1) is 0 Å². The predicted octanol–water partition coefficient (Wildman–Crippen LogP) is -0.486. The number of hydrogen-bond donors (Lipinski definition) is 2. The number of carboxylic acid groups (broad SMARTS) is 2. The molecule has 4 nitrogen and oxygen atoms in total. The molecule has 0 aromatic heterocycles. The van der Waals surface area contributed by atoms with Crippen molar-refractivity contribution in [1.29, 1.82) is 0 Å². The first kappa shape index (κ1) is 16.3. The van der Waals surface area contributed by atoms with Gasteiger partial charge in [-0.2, -0.15) is 13.5 Å². The molecule has 0 saturated carbocycles. The van der Waals surface area contributed by atoms with Crippen molar-refractivity contribution in [3.05, 3.63) is 0 Å². The van der Waals surface area contributed by atoms with Crippen LogP contribution >= 0.6 is 13.5 Å². The maximum atomic E-state index is 8.36. The van der Waals surface area contributed by atoms with Gasteiger partial charge in [0.25, 0.3) is 12.9 Å². The van der Waals surface area contributed by atoms with Crippen molar-refractivity contribution in [2.75, 3.05) is 0 Å². The van der Waals surface area contributed by atoms with Crippen LogP contribution in [0.3, 0.4) is 0 Å². The Morgan fingerprint density at radius 3 is 1.00 bits per heavy atom. The van der Waals surface area contributed by atoms with E-state index < -0.39 is 0 Å². The zero-order valence-electron chi connectivity index (χ0n) is 3.37. The minimum absolute atomic E-state index is 0. The van der Waals surface area contributed by atoms with Crippen LogP contribution in [0.5, 0.6) is 0 Å². The van der Waals surface area contributed by atoms with E-state index in [4.69, 9.17) is 19.8 Å². The highest BCUT2D eigenvalue weighted by molar-refractivity contribution is 7.59. The van der Waals surface area contributed by atoms with E-state index in [0.29, 0.717) is 0 Å². The molecular formula is C2H6O4S. The fraction of sp³-hybridized carbons (Fsp3) is 0. The molecular weight excluding hydrogens is 120 g/mol. The second kappa shape index (κ2) is 58.5. The highest BCUT2D eigenvalue weighted by Gasteiger charge is 1.22. The topological polar surface area (TPSA) is 74.6 Å². The number of rotatable bonds is 0. The second-order valence-corrected chi connectivity index (χ2v) is 0.211. The van der Waals surface area contributed by atoms with Crippen LogP contribution in [0, 0.1) is 0 Å². The summed E-state index contributed by atoms with van der Waals surface area (Å²) in [7, 11) is 0. The average Bonchev–Trinajstić information content (AvgIpc) is 1.39. The van der Waals surface area contributed by atoms with Crippen LogP contribution in [0.1, 0.15) is 0 Å². The maximum absolute atomic E-state index is 8.36. The van der Waals surface area contributed by atoms with Gasteiger partial charge in [-0.25, -0.2) is 0 Å². The lowest BCUT2D eigenvalue weighted by molar-refractivity contribution is -0.123. The minimum Gasteiger partial charge on any atom is -0.483 e. The van der Waals surface area contributed by atoms with Crippen LogP contribution in [-0.2, 0) is 9.59 Å². The fourth-order valence-corrected chi connectivity index (χ4v) is 0. The van der Waals surface area contributed by atoms with Gasteiger partial charge >= 0.3 is 0 Å². The average molecular weight is 126 g/mol. The van der Waals surface area contributed by atoms with Crippen LogP contribution in [0.2, 0.25) is 0 Å². The van der Waals surface area contributed by atoms with Gasteiger partial charge in [-0.1, -0.05) is 0 Å². The molecule has 0 aromatic carbocycles. The van der Waals surface area contributed by atoms with E-state index in [1.165, 1.54) is 0 Å². The summed E-state index contributed by atoms with van der Waals surface area (Å²) in [5, 5.41) is 13.8. The summed E-state index contributed by atoms with van der Waals surface area (Å²) in [5.74, 6) is 0. The van der Waals surface area contributed by atoms with Gasteiger partial charge in [0, 0.05) is 0 Å². The summed E-state index contributed by atoms with van der Waals surface area (Å²) < 4.78 is 0. The lowest BCUT2D eigenvalue weighted by Crippen LogP contribution is -1.49. The maximum Gasteiger partial charge on any atom is 0.290 e. The van der Waals surface area contributed by atoms with Crippen molar-refractivity contribution in [2.24, 2.45) is 0 Å². The summed E-state index contributed by atoms with van der Waals surface area (Å²) in [6.45, 7) is -0.500. The SMILES string of the molecule is O=CO.O=CO.S. The highest BCUT2D eigenvalue weighted by atomic mass is 32.1. The second-order valence-electron chi connectivity index (χ2n) is 0.211. The molecule has 0 rings (SSSR count). The molecule has 0 spiro atoms. The molecule has 0 unspecified atom stereocenters. The zero-order valence-corrected chi connectivity index (χ0v) is 4.37. The molecule has 0 atom stereocenters. The molecule has 0 bridgehead atoms. The van der Waals surface area contributed by atoms with E-state index in [1.807, 2.05) is 0 Å². The third-order valence-corrected chi connectivity index (χ3v) is 0. The van der Waals surface area contributed by atoms with Gasteiger partial charge in [0.2, 0.25) is 0 Å². The standard InChI is InChI=1S/2CH2O2.H2S/c2*2-1-3;/h2*1H,(H,2,3);1H2. The minimum atomic E-state index is -0.250. The molecule has 7 heavy (non-hydrogen) atoms. The van der Waals surface area contributed by atoms with E-state index >= 15 is 0 Å². The van der Waals surface area contributed by atoms with E-state index in [9.17, 15) is 0 Å². The Morgan fingerprint density at radius 2 is 1.00 bits per heavy atom. The number of hydrogen-bond acceptors (Lipinski definition) is 2. The van der Waals surface area contributed by atoms with Crippen LogP contribution in [-0.4, -0.2) is 23.2 Å². The monoisotopic (exact) mass is 126 g/mol. The summed E-state index contributed by atoms with van der Waals surface area (Å²) in [5.41, 5.74) is 0. The number of carbonyl (C=O) groups is 2. The van der Waals surface area contributed by atoms with E-state index in [-0.39, 0.29) is 26.4 Å². The third-order valence-electron chi connectivity index (χ3n) is 0. The highest BCUT2D eigenvalue weighted by Crippen LogP contribution is 0.969. The summed E-state index contributed by atoms with van der Waals surface area (Å²) in [4.78, 5) is 16.7. The molecule has 0 aromatic rings. The molecule has 0 aliphatic heterocycles. The lowest BCUT2D eigenvalue weighted by Gasteiger charge is -1.34. The normalized spacial score (nSPS) is 3.43. The van der Waals surface area contributed by atoms with Crippen LogP contribution in [0.15, 0.2) is 0 Å². The van der Waals surface area contributed by atoms with Gasteiger partial charge in [-0.05, 0) is 0 Å². The van der Waals surface area contributed by atoms with Crippen molar-refractivity contribution in [3.8, 4) is 0 Å². The molecule has 2 N–H and O–H groups in total. The Labute approximate surface area is 47.2 Å². The molecule has 0 radical (unpaired) electrons. The van der Waals surface area contributed by atoms with Crippen LogP contribution < -0.4 is 0 Å². The van der Waals surface area contributed by atoms with Crippen LogP contribution in [0.25, 0.3) is 0 Å². The molecule has 0 aliphatic carbocycles. The first-order chi connectivity index (χ1) is 2.83. The molecule has 0 saturated heterocycles. The third kappa shape index (κ3) is 114. The Balaban J connectivity index is -0.0000000400. The first-order valence-corrected chi connectivity index (χ1v) is 0.988. The van der Waals surface area contributed by atoms with Crippen molar-refractivity contribution < 1.29 is 19.8 Å². The van der Waals surface area contributed by atoms with E-state index in [2.05, 4.69) is 0 Å². The van der Waals surface area contributed by atoms with Crippen molar-refractivity contribution in [3.63, 3.8) is 0 Å². The first-order valence-electron chi connectivity index (χ1n) is 0.988. The van der Waals surface area contributed by atoms with Crippen molar-refractivity contribution in [2.45, 2.75) is 0 Å². The van der Waals surface area contributed by atoms with E-state index in [0.717, 1.165) is 0 Å². The fourth-order valence-electron chi connectivity index (χ4n) is 0. The Hall–Kier alpha value is -0.710. The smallest absolute Gasteiger partial charge is 0.290 e. The molecule has 0 aliphatic rings. The van der Waals surface area contributed by atoms with Crippen molar-refractivity contribution in [1.82, 2.24) is 0 Å². The molecule has 0 heterocycles. The summed E-state index contributed by atoms with van der Waals surface area (Å²) >= 11 is 0. The summed E-state index contributed by atoms with van der Waals surface area (Å²) in [6.07, 6.45) is 0. The molecule has 0 fully saturated rings. The van der Waals surface area contributed by atoms with Gasteiger partial charge in [0.15, 0.2) is 0 Å². The molecule has 44 valence electrons. The largest absolute Gasteiger partial charge is 0.483 e. The van der Waals surface area contributed by atoms with Gasteiger partial charge in [0.05, 0.1) is 0 Å². The Morgan fingerprint density at radius 1 is 1.00 bits per heavy atom. The zero-order chi connectivity index (χ0) is 5.41. The molecule has 0 amide bonds. The summed E-state index contributed by atoms with van der Waals surface area (Å²) in [6, 6.07) is 0. The lowest BCUT2D eigenvalue weighted by atomic mass is 11.7. The molecule has 5 heteroatoms. The van der Waals surface area contributed by atoms with Crippen molar-refractivity contribution >= 4 is 26.4 Å². The van der Waals surface area contributed by atoms with E-state index in [1.54, 1.807) is 0 Å². The van der Waals surface area contributed by atoms with Gasteiger partial charge < -0.3 is 10.2 Å². The predicted molar refractivity (Wildman–Crippen MR) is 27.8 cm³/mol. The Bertz CT molecular complexity index is 30.7. The van der Waals surface area contributed by atoms with Gasteiger partial charge in [-0.3, -0.25) is 9.59 Å². The van der Waals surface area contributed by atoms with Crippen LogP contribution in [0.4, 0.5) is 0 Å². The van der Waals surface area contributed by atoms with Gasteiger partial charge in [0.1, 0.15) is 0 Å².